The van der Waals surface area contributed by atoms with E-state index in [1.54, 1.807) is 30.3 Å². The minimum absolute atomic E-state index is 0.129. The summed E-state index contributed by atoms with van der Waals surface area (Å²) in [5.74, 6) is 0.281. The van der Waals surface area contributed by atoms with E-state index >= 15 is 0 Å². The number of aryl methyl sites for hydroxylation is 1. The van der Waals surface area contributed by atoms with Gasteiger partial charge in [-0.15, -0.1) is 11.3 Å². The van der Waals surface area contributed by atoms with Crippen LogP contribution in [0, 0.1) is 6.92 Å². The van der Waals surface area contributed by atoms with Gasteiger partial charge in [-0.25, -0.2) is 13.4 Å². The lowest BCUT2D eigenvalue weighted by atomic mass is 10.2. The van der Waals surface area contributed by atoms with Gasteiger partial charge in [0, 0.05) is 12.7 Å². The first-order valence-corrected chi connectivity index (χ1v) is 14.7. The number of fused-ring (bicyclic) bond motifs is 1. The third kappa shape index (κ3) is 4.61. The molecule has 1 aliphatic rings. The second-order valence-electron chi connectivity index (χ2n) is 8.34. The summed E-state index contributed by atoms with van der Waals surface area (Å²) in [5.41, 5.74) is 2.35. The number of benzene rings is 1. The van der Waals surface area contributed by atoms with E-state index in [1.807, 2.05) is 31.2 Å². The Kier molecular flexibility index (Phi) is 7.01. The van der Waals surface area contributed by atoms with Gasteiger partial charge in [0.15, 0.2) is 5.13 Å². The maximum atomic E-state index is 14.1. The zero-order chi connectivity index (χ0) is 25.4. The molecule has 4 heterocycles. The van der Waals surface area contributed by atoms with Gasteiger partial charge >= 0.3 is 0 Å². The largest absolute Gasteiger partial charge is 0.494 e. The first kappa shape index (κ1) is 25.1. The lowest BCUT2D eigenvalue weighted by Crippen LogP contribution is -2.47. The summed E-state index contributed by atoms with van der Waals surface area (Å²) < 4.78 is 35.0. The number of nitrogens with zero attached hydrogens (tertiary/aromatic N) is 4. The number of thiazole rings is 1. The van der Waals surface area contributed by atoms with Gasteiger partial charge < -0.3 is 4.74 Å². The highest BCUT2D eigenvalue weighted by Crippen LogP contribution is 2.38. The number of amides is 1. The fourth-order valence-electron chi connectivity index (χ4n) is 4.28. The number of anilines is 1. The second-order valence-corrected chi connectivity index (χ2v) is 13.1. The number of methoxy groups -OCH3 is 1. The van der Waals surface area contributed by atoms with E-state index in [0.717, 1.165) is 21.6 Å². The smallest absolute Gasteiger partial charge is 0.253 e. The summed E-state index contributed by atoms with van der Waals surface area (Å²) in [4.78, 5) is 24.8. The zero-order valence-electron chi connectivity index (χ0n) is 19.5. The van der Waals surface area contributed by atoms with E-state index in [0.29, 0.717) is 39.3 Å². The first-order valence-electron chi connectivity index (χ1n) is 11.2. The molecule has 0 N–H and O–H groups in total. The number of rotatable bonds is 7. The Hall–Kier alpha value is -2.57. The van der Waals surface area contributed by atoms with Crippen molar-refractivity contribution in [1.82, 2.24) is 14.3 Å². The molecule has 1 aromatic carbocycles. The van der Waals surface area contributed by atoms with Crippen molar-refractivity contribution in [3.05, 3.63) is 64.3 Å². The number of hydrogen-bond acceptors (Lipinski definition) is 8. The topological polar surface area (TPSA) is 92.7 Å². The maximum Gasteiger partial charge on any atom is 0.253 e. The molecular weight excluding hydrogens is 540 g/mol. The van der Waals surface area contributed by atoms with Crippen LogP contribution in [0.25, 0.3) is 10.2 Å². The molecule has 0 spiro atoms. The molecular formula is C24H23ClN4O4S3. The number of hydrogen-bond donors (Lipinski definition) is 0. The number of pyridine rings is 1. The van der Waals surface area contributed by atoms with Crippen molar-refractivity contribution in [3.63, 3.8) is 0 Å². The van der Waals surface area contributed by atoms with Crippen molar-refractivity contribution in [2.75, 3.05) is 18.6 Å². The lowest BCUT2D eigenvalue weighted by molar-refractivity contribution is -0.121. The molecule has 0 saturated carbocycles. The van der Waals surface area contributed by atoms with Crippen molar-refractivity contribution in [2.45, 2.75) is 36.6 Å². The highest BCUT2D eigenvalue weighted by molar-refractivity contribution is 7.91. The summed E-state index contributed by atoms with van der Waals surface area (Å²) in [6.07, 6.45) is 2.67. The molecule has 1 amide bonds. The van der Waals surface area contributed by atoms with Crippen LogP contribution in [0.4, 0.5) is 5.13 Å². The fourth-order valence-corrected chi connectivity index (χ4v) is 8.60. The molecule has 1 saturated heterocycles. The maximum absolute atomic E-state index is 14.1. The molecule has 5 rings (SSSR count). The molecule has 0 bridgehead atoms. The van der Waals surface area contributed by atoms with E-state index in [-0.39, 0.29) is 23.2 Å². The van der Waals surface area contributed by atoms with Crippen LogP contribution in [0.1, 0.15) is 24.1 Å². The van der Waals surface area contributed by atoms with Crippen molar-refractivity contribution in [3.8, 4) is 5.75 Å². The van der Waals surface area contributed by atoms with Crippen molar-refractivity contribution < 1.29 is 17.9 Å². The Balaban J connectivity index is 1.56. The van der Waals surface area contributed by atoms with Crippen LogP contribution in [0.2, 0.25) is 4.34 Å². The molecule has 4 aromatic rings. The molecule has 1 aliphatic heterocycles. The van der Waals surface area contributed by atoms with Gasteiger partial charge in [-0.1, -0.05) is 35.1 Å². The Morgan fingerprint density at radius 2 is 2.06 bits per heavy atom. The minimum atomic E-state index is -3.88. The molecule has 188 valence electrons. The highest BCUT2D eigenvalue weighted by Gasteiger charge is 2.42. The predicted molar refractivity (Wildman–Crippen MR) is 143 cm³/mol. The Labute approximate surface area is 222 Å². The second kappa shape index (κ2) is 10.1. The highest BCUT2D eigenvalue weighted by atomic mass is 35.5. The van der Waals surface area contributed by atoms with Gasteiger partial charge in [-0.2, -0.15) is 4.31 Å². The van der Waals surface area contributed by atoms with Gasteiger partial charge in [0.1, 0.15) is 21.5 Å². The molecule has 3 aromatic heterocycles. The zero-order valence-corrected chi connectivity index (χ0v) is 22.8. The monoisotopic (exact) mass is 562 g/mol. The van der Waals surface area contributed by atoms with Crippen LogP contribution in [-0.4, -0.2) is 48.3 Å². The van der Waals surface area contributed by atoms with Gasteiger partial charge in [-0.05, 0) is 55.7 Å². The molecule has 0 radical (unpaired) electrons. The Morgan fingerprint density at radius 1 is 1.22 bits per heavy atom. The molecule has 12 heteroatoms. The Bertz CT molecular complexity index is 1520. The minimum Gasteiger partial charge on any atom is -0.494 e. The number of aromatic nitrogens is 2. The fraction of sp³-hybridized carbons (Fsp3) is 0.292. The molecule has 0 aliphatic carbocycles. The number of carbonyl (C=O) groups is 1. The quantitative estimate of drug-likeness (QED) is 0.311. The number of ether oxygens (including phenoxy) is 1. The number of carbonyl (C=O) groups excluding carboxylic acids is 1. The van der Waals surface area contributed by atoms with Crippen LogP contribution in [0.5, 0.6) is 5.75 Å². The molecule has 8 nitrogen and oxygen atoms in total. The molecule has 1 atom stereocenters. The average Bonchev–Trinajstić information content (AvgIpc) is 3.63. The number of halogens is 1. The summed E-state index contributed by atoms with van der Waals surface area (Å²) >= 11 is 8.37. The van der Waals surface area contributed by atoms with Gasteiger partial charge in [0.2, 0.25) is 5.91 Å². The van der Waals surface area contributed by atoms with Crippen LogP contribution < -0.4 is 9.64 Å². The molecule has 1 fully saturated rings. The van der Waals surface area contributed by atoms with Crippen LogP contribution in [-0.2, 0) is 21.4 Å². The van der Waals surface area contributed by atoms with E-state index < -0.39 is 16.1 Å². The van der Waals surface area contributed by atoms with E-state index in [2.05, 4.69) is 4.98 Å². The van der Waals surface area contributed by atoms with Crippen LogP contribution >= 0.6 is 34.3 Å². The van der Waals surface area contributed by atoms with E-state index in [1.165, 1.54) is 21.7 Å². The van der Waals surface area contributed by atoms with Crippen molar-refractivity contribution in [2.24, 2.45) is 0 Å². The summed E-state index contributed by atoms with van der Waals surface area (Å²) in [5, 5.41) is 0.469. The van der Waals surface area contributed by atoms with Gasteiger partial charge in [0.25, 0.3) is 10.0 Å². The SMILES string of the molecule is COc1ccc(C)c2sc(N(Cc3ccccn3)C(=O)C3CCCN3S(=O)(=O)c3ccc(Cl)s3)nc12. The third-order valence-electron chi connectivity index (χ3n) is 6.06. The number of thiophene rings is 1. The number of sulfonamides is 1. The summed E-state index contributed by atoms with van der Waals surface area (Å²) in [6, 6.07) is 11.5. The van der Waals surface area contributed by atoms with E-state index in [9.17, 15) is 13.2 Å². The summed E-state index contributed by atoms with van der Waals surface area (Å²) in [7, 11) is -2.29. The average molecular weight is 563 g/mol. The van der Waals surface area contributed by atoms with Crippen molar-refractivity contribution >= 4 is 65.6 Å². The van der Waals surface area contributed by atoms with Crippen LogP contribution in [0.15, 0.2) is 52.9 Å². The lowest BCUT2D eigenvalue weighted by Gasteiger charge is -2.28. The normalized spacial score (nSPS) is 16.5. The predicted octanol–water partition coefficient (Wildman–Crippen LogP) is 5.11. The van der Waals surface area contributed by atoms with Crippen molar-refractivity contribution in [1.29, 1.82) is 0 Å². The van der Waals surface area contributed by atoms with E-state index in [4.69, 9.17) is 21.3 Å². The Morgan fingerprint density at radius 3 is 2.75 bits per heavy atom. The molecule has 36 heavy (non-hydrogen) atoms. The third-order valence-corrected chi connectivity index (χ3v) is 10.9. The summed E-state index contributed by atoms with van der Waals surface area (Å²) in [6.45, 7) is 2.40. The van der Waals surface area contributed by atoms with Gasteiger partial charge in [-0.3, -0.25) is 14.7 Å². The molecule has 1 unspecified atom stereocenters. The standard InChI is InChI=1S/C24H23ClN4O4S3/c1-15-8-9-18(33-2)21-22(15)35-24(27-21)28(14-16-6-3-4-12-26-16)23(30)17-7-5-13-29(17)36(31,32)20-11-10-19(25)34-20/h3-4,6,8-12,17H,5,7,13-14H2,1-2H3. The first-order chi connectivity index (χ1) is 17.3. The van der Waals surface area contributed by atoms with Gasteiger partial charge in [0.05, 0.1) is 28.4 Å². The van der Waals surface area contributed by atoms with Crippen LogP contribution in [0.3, 0.4) is 0 Å².